The molecule has 0 bridgehead atoms. The Bertz CT molecular complexity index is 281. The van der Waals surface area contributed by atoms with Crippen LogP contribution in [-0.2, 0) is 14.3 Å². The fraction of sp³-hybridized carbons (Fsp3) is 0.750. The summed E-state index contributed by atoms with van der Waals surface area (Å²) in [6, 6.07) is 0. The van der Waals surface area contributed by atoms with Crippen LogP contribution in [0.15, 0.2) is 0 Å². The Morgan fingerprint density at radius 3 is 2.50 bits per heavy atom. The third-order valence-corrected chi connectivity index (χ3v) is 3.61. The van der Waals surface area contributed by atoms with Crippen LogP contribution in [0.1, 0.15) is 13.8 Å². The predicted octanol–water partition coefficient (Wildman–Crippen LogP) is 0.620. The molecule has 1 fully saturated rings. The second-order valence-corrected chi connectivity index (χ2v) is 4.84. The summed E-state index contributed by atoms with van der Waals surface area (Å²) in [5.41, 5.74) is 0. The molecule has 0 aliphatic carbocycles. The minimum Gasteiger partial charge on any atom is -0.266 e. The average molecular weight is 188 g/mol. The molecule has 0 saturated carbocycles. The predicted molar refractivity (Wildman–Crippen MR) is 45.8 cm³/mol. The lowest BCUT2D eigenvalue weighted by atomic mass is 9.92. The van der Waals surface area contributed by atoms with E-state index in [0.717, 1.165) is 0 Å². The highest BCUT2D eigenvalue weighted by molar-refractivity contribution is 7.86. The van der Waals surface area contributed by atoms with E-state index in [1.807, 2.05) is 6.92 Å². The summed E-state index contributed by atoms with van der Waals surface area (Å²) < 4.78 is 26.9. The summed E-state index contributed by atoms with van der Waals surface area (Å²) in [5, 5.41) is 0. The van der Waals surface area contributed by atoms with Gasteiger partial charge in [0.2, 0.25) is 0 Å². The van der Waals surface area contributed by atoms with Crippen LogP contribution in [0.5, 0.6) is 0 Å². The Labute approximate surface area is 73.2 Å². The summed E-state index contributed by atoms with van der Waals surface area (Å²) in [7, 11) is -3.32. The van der Waals surface area contributed by atoms with Gasteiger partial charge in [-0.05, 0) is 12.8 Å². The molecule has 0 N–H and O–H groups in total. The van der Waals surface area contributed by atoms with Crippen LogP contribution in [0, 0.1) is 24.2 Å². The van der Waals surface area contributed by atoms with Crippen molar-refractivity contribution < 1.29 is 12.6 Å². The van der Waals surface area contributed by atoms with E-state index in [-0.39, 0.29) is 23.7 Å². The Balaban J connectivity index is 2.86. The lowest BCUT2D eigenvalue weighted by molar-refractivity contribution is 0.138. The van der Waals surface area contributed by atoms with Crippen LogP contribution in [0.25, 0.3) is 0 Å². The van der Waals surface area contributed by atoms with E-state index in [9.17, 15) is 8.42 Å². The van der Waals surface area contributed by atoms with E-state index in [2.05, 4.69) is 5.92 Å². The summed E-state index contributed by atoms with van der Waals surface area (Å²) in [6.45, 7) is 3.53. The van der Waals surface area contributed by atoms with Gasteiger partial charge >= 0.3 is 0 Å². The van der Waals surface area contributed by atoms with Crippen molar-refractivity contribution in [2.75, 3.05) is 5.75 Å². The average Bonchev–Trinajstić information content (AvgIpc) is 1.82. The zero-order valence-corrected chi connectivity index (χ0v) is 7.97. The van der Waals surface area contributed by atoms with Gasteiger partial charge in [-0.1, -0.05) is 6.92 Å². The van der Waals surface area contributed by atoms with Gasteiger partial charge in [-0.3, -0.25) is 4.18 Å². The molecule has 0 radical (unpaired) electrons. The molecule has 68 valence electrons. The highest BCUT2D eigenvalue weighted by Gasteiger charge is 2.35. The lowest BCUT2D eigenvalue weighted by Gasteiger charge is -2.29. The van der Waals surface area contributed by atoms with Crippen LogP contribution < -0.4 is 0 Å². The molecule has 1 aliphatic heterocycles. The molecule has 0 aromatic rings. The fourth-order valence-electron chi connectivity index (χ4n) is 1.52. The van der Waals surface area contributed by atoms with E-state index in [4.69, 9.17) is 10.6 Å². The molecule has 1 heterocycles. The molecule has 3 nitrogen and oxygen atoms in total. The first kappa shape index (κ1) is 9.56. The maximum absolute atomic E-state index is 11.0. The fourth-order valence-corrected chi connectivity index (χ4v) is 3.03. The van der Waals surface area contributed by atoms with Gasteiger partial charge in [-0.15, -0.1) is 12.3 Å². The lowest BCUT2D eigenvalue weighted by Crippen LogP contribution is -2.38. The van der Waals surface area contributed by atoms with E-state index >= 15 is 0 Å². The van der Waals surface area contributed by atoms with Crippen LogP contribution >= 0.6 is 0 Å². The summed E-state index contributed by atoms with van der Waals surface area (Å²) >= 11 is 0. The topological polar surface area (TPSA) is 43.4 Å². The SMILES string of the molecule is C#CC1C(C)CS(=O)(=O)OC1C. The van der Waals surface area contributed by atoms with Gasteiger partial charge in [-0.25, -0.2) is 0 Å². The minimum absolute atomic E-state index is 0.0104. The molecule has 0 spiro atoms. The molecule has 1 aliphatic rings. The van der Waals surface area contributed by atoms with Gasteiger partial charge in [0.05, 0.1) is 17.8 Å². The zero-order chi connectivity index (χ0) is 9.35. The van der Waals surface area contributed by atoms with Crippen LogP contribution in [0.3, 0.4) is 0 Å². The Morgan fingerprint density at radius 2 is 2.08 bits per heavy atom. The van der Waals surface area contributed by atoms with Crippen molar-refractivity contribution in [2.24, 2.45) is 11.8 Å². The van der Waals surface area contributed by atoms with Gasteiger partial charge in [-0.2, -0.15) is 8.42 Å². The standard InChI is InChI=1S/C8H12O3S/c1-4-8-6(2)5-12(9,10)11-7(8)3/h1,6-8H,5H2,2-3H3. The Morgan fingerprint density at radius 1 is 1.50 bits per heavy atom. The molecular weight excluding hydrogens is 176 g/mol. The van der Waals surface area contributed by atoms with Crippen LogP contribution in [0.4, 0.5) is 0 Å². The normalized spacial score (nSPS) is 40.2. The minimum atomic E-state index is -3.32. The molecule has 0 amide bonds. The summed E-state index contributed by atoms with van der Waals surface area (Å²) in [5.74, 6) is 2.49. The van der Waals surface area contributed by atoms with Crippen molar-refractivity contribution in [3.8, 4) is 12.3 Å². The van der Waals surface area contributed by atoms with Crippen LogP contribution in [-0.4, -0.2) is 20.3 Å². The molecule has 1 rings (SSSR count). The molecule has 4 heteroatoms. The van der Waals surface area contributed by atoms with E-state index in [1.165, 1.54) is 0 Å². The third-order valence-electron chi connectivity index (χ3n) is 2.08. The quantitative estimate of drug-likeness (QED) is 0.413. The van der Waals surface area contributed by atoms with Crippen molar-refractivity contribution in [1.29, 1.82) is 0 Å². The van der Waals surface area contributed by atoms with Crippen molar-refractivity contribution in [2.45, 2.75) is 20.0 Å². The Hall–Kier alpha value is -0.530. The number of rotatable bonds is 0. The monoisotopic (exact) mass is 188 g/mol. The summed E-state index contributed by atoms with van der Waals surface area (Å²) in [4.78, 5) is 0. The number of hydrogen-bond acceptors (Lipinski definition) is 3. The van der Waals surface area contributed by atoms with Gasteiger partial charge in [0, 0.05) is 0 Å². The number of terminal acetylenes is 1. The van der Waals surface area contributed by atoms with Crippen molar-refractivity contribution in [3.63, 3.8) is 0 Å². The van der Waals surface area contributed by atoms with Crippen molar-refractivity contribution in [3.05, 3.63) is 0 Å². The summed E-state index contributed by atoms with van der Waals surface area (Å²) in [6.07, 6.45) is 4.86. The zero-order valence-electron chi connectivity index (χ0n) is 7.15. The maximum atomic E-state index is 11.0. The van der Waals surface area contributed by atoms with E-state index in [1.54, 1.807) is 6.92 Å². The smallest absolute Gasteiger partial charge is 0.266 e. The first-order chi connectivity index (χ1) is 5.46. The van der Waals surface area contributed by atoms with Gasteiger partial charge < -0.3 is 0 Å². The molecule has 12 heavy (non-hydrogen) atoms. The van der Waals surface area contributed by atoms with E-state index < -0.39 is 10.1 Å². The molecule has 3 atom stereocenters. The first-order valence-electron chi connectivity index (χ1n) is 3.83. The largest absolute Gasteiger partial charge is 0.267 e. The highest BCUT2D eigenvalue weighted by atomic mass is 32.2. The number of hydrogen-bond donors (Lipinski definition) is 0. The maximum Gasteiger partial charge on any atom is 0.267 e. The first-order valence-corrected chi connectivity index (χ1v) is 5.41. The van der Waals surface area contributed by atoms with Crippen molar-refractivity contribution in [1.82, 2.24) is 0 Å². The van der Waals surface area contributed by atoms with Gasteiger partial charge in [0.15, 0.2) is 0 Å². The van der Waals surface area contributed by atoms with Gasteiger partial charge in [0.1, 0.15) is 0 Å². The molecule has 3 unspecified atom stereocenters. The molecule has 0 aromatic carbocycles. The Kier molecular flexibility index (Phi) is 2.45. The van der Waals surface area contributed by atoms with Crippen molar-refractivity contribution >= 4 is 10.1 Å². The second kappa shape index (κ2) is 3.08. The van der Waals surface area contributed by atoms with Crippen LogP contribution in [0.2, 0.25) is 0 Å². The molecule has 0 aromatic heterocycles. The van der Waals surface area contributed by atoms with E-state index in [0.29, 0.717) is 0 Å². The van der Waals surface area contributed by atoms with Gasteiger partial charge in [0.25, 0.3) is 10.1 Å². The molecule has 1 saturated heterocycles. The second-order valence-electron chi connectivity index (χ2n) is 3.20. The molecular formula is C8H12O3S. The highest BCUT2D eigenvalue weighted by Crippen LogP contribution is 2.26. The third kappa shape index (κ3) is 1.79.